The molecular weight excluding hydrogens is 320 g/mol. The highest BCUT2D eigenvalue weighted by Crippen LogP contribution is 2.28. The lowest BCUT2D eigenvalue weighted by Gasteiger charge is -2.45. The van der Waals surface area contributed by atoms with E-state index in [-0.39, 0.29) is 0 Å². The van der Waals surface area contributed by atoms with E-state index in [2.05, 4.69) is 0 Å². The van der Waals surface area contributed by atoms with Gasteiger partial charge in [-0.2, -0.15) is 0 Å². The predicted octanol–water partition coefficient (Wildman–Crippen LogP) is -5.40. The second-order valence-electron chi connectivity index (χ2n) is 5.53. The SMILES string of the molecule is OCC1O[C@H](O[C@@H]2C(CO)O[C@H](O)C(O)[C@H]2O)C(O)[C@@H](O)[C@@H]1O. The molecule has 0 spiro atoms. The molecule has 0 saturated carbocycles. The van der Waals surface area contributed by atoms with E-state index in [1.807, 2.05) is 0 Å². The van der Waals surface area contributed by atoms with E-state index in [9.17, 15) is 35.7 Å². The minimum atomic E-state index is -1.74. The molecule has 2 aliphatic rings. The Morgan fingerprint density at radius 2 is 1.26 bits per heavy atom. The molecule has 0 aromatic heterocycles. The molecule has 10 atom stereocenters. The summed E-state index contributed by atoms with van der Waals surface area (Å²) in [6.07, 6.45) is -15.6. The van der Waals surface area contributed by atoms with Gasteiger partial charge in [-0.1, -0.05) is 0 Å². The third kappa shape index (κ3) is 3.65. The van der Waals surface area contributed by atoms with Gasteiger partial charge in [0.15, 0.2) is 12.6 Å². The monoisotopic (exact) mass is 342 g/mol. The van der Waals surface area contributed by atoms with Gasteiger partial charge in [0.1, 0.15) is 48.8 Å². The van der Waals surface area contributed by atoms with Crippen LogP contribution in [0.15, 0.2) is 0 Å². The van der Waals surface area contributed by atoms with E-state index >= 15 is 0 Å². The molecule has 2 rings (SSSR count). The van der Waals surface area contributed by atoms with Crippen LogP contribution in [-0.2, 0) is 14.2 Å². The molecule has 2 aliphatic heterocycles. The first kappa shape index (κ1) is 18.9. The molecular formula is C12H22O11. The molecule has 0 aliphatic carbocycles. The van der Waals surface area contributed by atoms with Crippen molar-refractivity contribution in [1.29, 1.82) is 0 Å². The highest BCUT2D eigenvalue weighted by atomic mass is 16.7. The summed E-state index contributed by atoms with van der Waals surface area (Å²) < 4.78 is 15.3. The Labute approximate surface area is 130 Å². The number of hydrogen-bond donors (Lipinski definition) is 8. The van der Waals surface area contributed by atoms with Crippen molar-refractivity contribution >= 4 is 0 Å². The van der Waals surface area contributed by atoms with Crippen molar-refractivity contribution in [2.75, 3.05) is 13.2 Å². The Morgan fingerprint density at radius 3 is 1.83 bits per heavy atom. The smallest absolute Gasteiger partial charge is 0.187 e. The molecule has 4 unspecified atom stereocenters. The molecule has 0 aromatic carbocycles. The van der Waals surface area contributed by atoms with Crippen molar-refractivity contribution in [3.05, 3.63) is 0 Å². The summed E-state index contributed by atoms with van der Waals surface area (Å²) in [5, 5.41) is 76.5. The third-order valence-corrected chi connectivity index (χ3v) is 3.98. The molecule has 0 bridgehead atoms. The fourth-order valence-electron chi connectivity index (χ4n) is 2.57. The quantitative estimate of drug-likeness (QED) is 0.243. The predicted molar refractivity (Wildman–Crippen MR) is 68.6 cm³/mol. The summed E-state index contributed by atoms with van der Waals surface area (Å²) in [5.41, 5.74) is 0. The Balaban J connectivity index is 2.11. The lowest BCUT2D eigenvalue weighted by molar-refractivity contribution is -0.355. The molecule has 136 valence electrons. The first-order chi connectivity index (χ1) is 10.8. The molecule has 11 heteroatoms. The second kappa shape index (κ2) is 7.63. The molecule has 11 nitrogen and oxygen atoms in total. The summed E-state index contributed by atoms with van der Waals surface area (Å²) in [4.78, 5) is 0. The van der Waals surface area contributed by atoms with Gasteiger partial charge < -0.3 is 55.1 Å². The zero-order valence-corrected chi connectivity index (χ0v) is 12.0. The van der Waals surface area contributed by atoms with Crippen LogP contribution in [0.2, 0.25) is 0 Å². The van der Waals surface area contributed by atoms with Crippen molar-refractivity contribution in [2.24, 2.45) is 0 Å². The molecule has 2 fully saturated rings. The van der Waals surface area contributed by atoms with Crippen LogP contribution in [0.3, 0.4) is 0 Å². The van der Waals surface area contributed by atoms with Crippen LogP contribution in [0.1, 0.15) is 0 Å². The van der Waals surface area contributed by atoms with Crippen molar-refractivity contribution in [3.8, 4) is 0 Å². The van der Waals surface area contributed by atoms with Crippen LogP contribution in [0.4, 0.5) is 0 Å². The van der Waals surface area contributed by atoms with Gasteiger partial charge >= 0.3 is 0 Å². The first-order valence-electron chi connectivity index (χ1n) is 7.08. The van der Waals surface area contributed by atoms with E-state index < -0.39 is 74.6 Å². The van der Waals surface area contributed by atoms with Crippen LogP contribution >= 0.6 is 0 Å². The van der Waals surface area contributed by atoms with Gasteiger partial charge in [-0.05, 0) is 0 Å². The molecule has 2 saturated heterocycles. The molecule has 8 N–H and O–H groups in total. The minimum Gasteiger partial charge on any atom is -0.394 e. The average Bonchev–Trinajstić information content (AvgIpc) is 2.55. The number of ether oxygens (including phenoxy) is 3. The fraction of sp³-hybridized carbons (Fsp3) is 1.00. The van der Waals surface area contributed by atoms with E-state index in [0.29, 0.717) is 0 Å². The van der Waals surface area contributed by atoms with Crippen molar-refractivity contribution < 1.29 is 55.1 Å². The van der Waals surface area contributed by atoms with Gasteiger partial charge in [0.2, 0.25) is 0 Å². The van der Waals surface area contributed by atoms with E-state index in [1.54, 1.807) is 0 Å². The largest absolute Gasteiger partial charge is 0.394 e. The maximum atomic E-state index is 9.94. The van der Waals surface area contributed by atoms with Crippen LogP contribution in [0, 0.1) is 0 Å². The van der Waals surface area contributed by atoms with E-state index in [4.69, 9.17) is 19.3 Å². The maximum absolute atomic E-state index is 9.94. The summed E-state index contributed by atoms with van der Waals surface area (Å²) in [7, 11) is 0. The van der Waals surface area contributed by atoms with Crippen molar-refractivity contribution in [2.45, 2.75) is 61.4 Å². The summed E-state index contributed by atoms with van der Waals surface area (Å²) in [5.74, 6) is 0. The van der Waals surface area contributed by atoms with Gasteiger partial charge in [-0.15, -0.1) is 0 Å². The van der Waals surface area contributed by atoms with E-state index in [0.717, 1.165) is 0 Å². The van der Waals surface area contributed by atoms with Gasteiger partial charge in [-0.3, -0.25) is 0 Å². The standard InChI is InChI=1S/C12H22O11/c13-1-3-5(15)6(16)9(19)12(22-3)23-10-4(2-14)21-11(20)8(18)7(10)17/h3-20H,1-2H2/t3?,4?,5-,6+,7-,8?,9?,10-,11+,12-/m1/s1. The maximum Gasteiger partial charge on any atom is 0.187 e. The zero-order valence-electron chi connectivity index (χ0n) is 12.0. The third-order valence-electron chi connectivity index (χ3n) is 3.98. The summed E-state index contributed by atoms with van der Waals surface area (Å²) in [6, 6.07) is 0. The second-order valence-corrected chi connectivity index (χ2v) is 5.53. The highest BCUT2D eigenvalue weighted by molar-refractivity contribution is 4.93. The zero-order chi connectivity index (χ0) is 17.3. The first-order valence-corrected chi connectivity index (χ1v) is 7.08. The van der Waals surface area contributed by atoms with Gasteiger partial charge in [0.05, 0.1) is 13.2 Å². The Morgan fingerprint density at radius 1 is 0.652 bits per heavy atom. The van der Waals surface area contributed by atoms with Gasteiger partial charge in [-0.25, -0.2) is 0 Å². The van der Waals surface area contributed by atoms with Crippen LogP contribution < -0.4 is 0 Å². The van der Waals surface area contributed by atoms with Gasteiger partial charge in [0, 0.05) is 0 Å². The van der Waals surface area contributed by atoms with Crippen molar-refractivity contribution in [3.63, 3.8) is 0 Å². The molecule has 23 heavy (non-hydrogen) atoms. The van der Waals surface area contributed by atoms with E-state index in [1.165, 1.54) is 0 Å². The van der Waals surface area contributed by atoms with Crippen LogP contribution in [0.5, 0.6) is 0 Å². The molecule has 0 amide bonds. The fourth-order valence-corrected chi connectivity index (χ4v) is 2.57. The number of aliphatic hydroxyl groups is 8. The Kier molecular flexibility index (Phi) is 6.27. The molecule has 2 heterocycles. The molecule has 0 aromatic rings. The van der Waals surface area contributed by atoms with Crippen LogP contribution in [0.25, 0.3) is 0 Å². The summed E-state index contributed by atoms with van der Waals surface area (Å²) in [6.45, 7) is -1.35. The normalized spacial score (nSPS) is 51.7. The lowest BCUT2D eigenvalue weighted by atomic mass is 9.97. The Hall–Kier alpha value is -0.440. The Bertz CT molecular complexity index is 378. The number of hydrogen-bond acceptors (Lipinski definition) is 11. The average molecular weight is 342 g/mol. The summed E-state index contributed by atoms with van der Waals surface area (Å²) >= 11 is 0. The topological polar surface area (TPSA) is 190 Å². The minimum absolute atomic E-state index is 0.667. The van der Waals surface area contributed by atoms with Gasteiger partial charge in [0.25, 0.3) is 0 Å². The lowest BCUT2D eigenvalue weighted by Crippen LogP contribution is -2.64. The van der Waals surface area contributed by atoms with Crippen LogP contribution in [-0.4, -0.2) is 115 Å². The number of aliphatic hydroxyl groups excluding tert-OH is 8. The molecule has 0 radical (unpaired) electrons. The van der Waals surface area contributed by atoms with Crippen molar-refractivity contribution in [1.82, 2.24) is 0 Å². The number of rotatable bonds is 4. The highest BCUT2D eigenvalue weighted by Gasteiger charge is 2.50.